The lowest BCUT2D eigenvalue weighted by atomic mass is 10.2. The number of fused-ring (bicyclic) bond motifs is 1. The van der Waals surface area contributed by atoms with Crippen molar-refractivity contribution in [2.45, 2.75) is 0 Å². The molecule has 0 atom stereocenters. The summed E-state index contributed by atoms with van der Waals surface area (Å²) in [5.41, 5.74) is 1.30. The zero-order valence-corrected chi connectivity index (χ0v) is 12.5. The summed E-state index contributed by atoms with van der Waals surface area (Å²) in [6, 6.07) is 9.00. The van der Waals surface area contributed by atoms with Crippen LogP contribution in [-0.2, 0) is 4.74 Å². The first-order valence-corrected chi connectivity index (χ1v) is 7.03. The van der Waals surface area contributed by atoms with Crippen LogP contribution in [0.1, 0.15) is 16.1 Å². The highest BCUT2D eigenvalue weighted by Gasteiger charge is 2.20. The lowest BCUT2D eigenvalue weighted by molar-refractivity contribution is 0.0930. The monoisotopic (exact) mass is 313 g/mol. The second kappa shape index (κ2) is 6.42. The predicted octanol–water partition coefficient (Wildman–Crippen LogP) is 1.45. The maximum atomic E-state index is 12.4. The van der Waals surface area contributed by atoms with Gasteiger partial charge in [-0.15, -0.1) is 0 Å². The van der Waals surface area contributed by atoms with Crippen LogP contribution in [0.2, 0.25) is 0 Å². The van der Waals surface area contributed by atoms with Gasteiger partial charge in [0.15, 0.2) is 11.5 Å². The summed E-state index contributed by atoms with van der Waals surface area (Å²) in [5, 5.41) is 12.0. The van der Waals surface area contributed by atoms with Crippen molar-refractivity contribution in [3.63, 3.8) is 0 Å². The van der Waals surface area contributed by atoms with E-state index in [2.05, 4.69) is 5.32 Å². The number of hydrogen-bond donors (Lipinski definition) is 1. The number of nitrogens with zero attached hydrogens (tertiary/aromatic N) is 2. The molecule has 0 spiro atoms. The summed E-state index contributed by atoms with van der Waals surface area (Å²) >= 11 is 0. The molecule has 1 aliphatic heterocycles. The second-order valence-corrected chi connectivity index (χ2v) is 4.85. The standard InChI is InChI=1S/C16H15N3O4/c1-21-7-5-18-16(20)15-11(9-17)4-6-19(15)12-2-3-13-14(8-12)23-10-22-13/h2-4,6,8H,5,7,10H2,1H3,(H,18,20). The number of benzene rings is 1. The van der Waals surface area contributed by atoms with Gasteiger partial charge in [0.1, 0.15) is 11.8 Å². The highest BCUT2D eigenvalue weighted by molar-refractivity contribution is 5.95. The van der Waals surface area contributed by atoms with E-state index in [0.29, 0.717) is 35.9 Å². The van der Waals surface area contributed by atoms with Crippen LogP contribution in [0, 0.1) is 11.3 Å². The van der Waals surface area contributed by atoms with Crippen LogP contribution in [0.25, 0.3) is 5.69 Å². The van der Waals surface area contributed by atoms with Gasteiger partial charge in [-0.3, -0.25) is 4.79 Å². The van der Waals surface area contributed by atoms with Crippen molar-refractivity contribution in [1.82, 2.24) is 9.88 Å². The molecule has 1 N–H and O–H groups in total. The van der Waals surface area contributed by atoms with E-state index >= 15 is 0 Å². The molecule has 0 aliphatic carbocycles. The van der Waals surface area contributed by atoms with Crippen LogP contribution in [0.15, 0.2) is 30.5 Å². The van der Waals surface area contributed by atoms with E-state index in [9.17, 15) is 10.1 Å². The highest BCUT2D eigenvalue weighted by atomic mass is 16.7. The average Bonchev–Trinajstić information content (AvgIpc) is 3.20. The van der Waals surface area contributed by atoms with Crippen molar-refractivity contribution in [1.29, 1.82) is 5.26 Å². The predicted molar refractivity (Wildman–Crippen MR) is 80.8 cm³/mol. The number of methoxy groups -OCH3 is 1. The van der Waals surface area contributed by atoms with Crippen molar-refractivity contribution in [2.75, 3.05) is 27.1 Å². The zero-order valence-electron chi connectivity index (χ0n) is 12.5. The highest BCUT2D eigenvalue weighted by Crippen LogP contribution is 2.34. The molecular weight excluding hydrogens is 298 g/mol. The van der Waals surface area contributed by atoms with Gasteiger partial charge in [-0.25, -0.2) is 0 Å². The number of hydrogen-bond acceptors (Lipinski definition) is 5. The van der Waals surface area contributed by atoms with E-state index in [1.54, 1.807) is 42.1 Å². The number of carbonyl (C=O) groups excluding carboxylic acids is 1. The van der Waals surface area contributed by atoms with E-state index in [4.69, 9.17) is 14.2 Å². The van der Waals surface area contributed by atoms with Crippen LogP contribution in [-0.4, -0.2) is 37.5 Å². The van der Waals surface area contributed by atoms with Crippen molar-refractivity contribution >= 4 is 5.91 Å². The van der Waals surface area contributed by atoms with Crippen LogP contribution in [0.5, 0.6) is 11.5 Å². The van der Waals surface area contributed by atoms with Gasteiger partial charge in [-0.2, -0.15) is 5.26 Å². The molecule has 0 bridgehead atoms. The van der Waals surface area contributed by atoms with Crippen LogP contribution < -0.4 is 14.8 Å². The Bertz CT molecular complexity index is 776. The largest absolute Gasteiger partial charge is 0.454 e. The Hall–Kier alpha value is -2.98. The van der Waals surface area contributed by atoms with Gasteiger partial charge >= 0.3 is 0 Å². The average molecular weight is 313 g/mol. The second-order valence-electron chi connectivity index (χ2n) is 4.85. The molecule has 1 aromatic carbocycles. The number of amides is 1. The van der Waals surface area contributed by atoms with Gasteiger partial charge in [0.05, 0.1) is 12.2 Å². The Balaban J connectivity index is 1.95. The summed E-state index contributed by atoms with van der Waals surface area (Å²) in [6.07, 6.45) is 1.68. The summed E-state index contributed by atoms with van der Waals surface area (Å²) in [4.78, 5) is 12.4. The minimum atomic E-state index is -0.332. The Morgan fingerprint density at radius 2 is 2.22 bits per heavy atom. The molecule has 7 heteroatoms. The molecule has 0 radical (unpaired) electrons. The first-order chi connectivity index (χ1) is 11.2. The van der Waals surface area contributed by atoms with E-state index in [1.807, 2.05) is 6.07 Å². The van der Waals surface area contributed by atoms with Crippen molar-refractivity contribution < 1.29 is 19.0 Å². The van der Waals surface area contributed by atoms with E-state index in [-0.39, 0.29) is 18.4 Å². The van der Waals surface area contributed by atoms with E-state index in [1.165, 1.54) is 0 Å². The van der Waals surface area contributed by atoms with Crippen molar-refractivity contribution in [3.05, 3.63) is 41.7 Å². The number of nitrogens with one attached hydrogen (secondary N) is 1. The number of ether oxygens (including phenoxy) is 3. The van der Waals surface area contributed by atoms with Crippen molar-refractivity contribution in [3.8, 4) is 23.3 Å². The molecule has 0 saturated carbocycles. The van der Waals surface area contributed by atoms with Gasteiger partial charge in [-0.05, 0) is 18.2 Å². The fourth-order valence-electron chi connectivity index (χ4n) is 2.35. The molecule has 0 saturated heterocycles. The minimum Gasteiger partial charge on any atom is -0.454 e. The number of carbonyl (C=O) groups is 1. The fraction of sp³-hybridized carbons (Fsp3) is 0.250. The third-order valence-corrected chi connectivity index (χ3v) is 3.45. The normalized spacial score (nSPS) is 12.0. The maximum Gasteiger partial charge on any atom is 0.269 e. The number of nitriles is 1. The molecule has 23 heavy (non-hydrogen) atoms. The maximum absolute atomic E-state index is 12.4. The van der Waals surface area contributed by atoms with Crippen LogP contribution in [0.3, 0.4) is 0 Å². The molecule has 3 rings (SSSR count). The quantitative estimate of drug-likeness (QED) is 0.845. The summed E-state index contributed by atoms with van der Waals surface area (Å²) < 4.78 is 17.2. The lowest BCUT2D eigenvalue weighted by Gasteiger charge is -2.11. The van der Waals surface area contributed by atoms with Gasteiger partial charge in [0.25, 0.3) is 5.91 Å². The summed E-state index contributed by atoms with van der Waals surface area (Å²) in [6.45, 7) is 0.948. The van der Waals surface area contributed by atoms with Crippen molar-refractivity contribution in [2.24, 2.45) is 0 Å². The SMILES string of the molecule is COCCNC(=O)c1c(C#N)ccn1-c1ccc2c(c1)OCO2. The van der Waals surface area contributed by atoms with Crippen LogP contribution in [0.4, 0.5) is 0 Å². The fourth-order valence-corrected chi connectivity index (χ4v) is 2.35. The van der Waals surface area contributed by atoms with Crippen LogP contribution >= 0.6 is 0 Å². The van der Waals surface area contributed by atoms with Gasteiger partial charge in [0.2, 0.25) is 6.79 Å². The topological polar surface area (TPSA) is 85.5 Å². The third-order valence-electron chi connectivity index (χ3n) is 3.45. The first kappa shape index (κ1) is 14.9. The zero-order chi connectivity index (χ0) is 16.2. The Morgan fingerprint density at radius 3 is 3.00 bits per heavy atom. The summed E-state index contributed by atoms with van der Waals surface area (Å²) in [5.74, 6) is 0.939. The summed E-state index contributed by atoms with van der Waals surface area (Å²) in [7, 11) is 1.56. The van der Waals surface area contributed by atoms with E-state index < -0.39 is 0 Å². The van der Waals surface area contributed by atoms with Gasteiger partial charge in [-0.1, -0.05) is 0 Å². The molecule has 0 unspecified atom stereocenters. The lowest BCUT2D eigenvalue weighted by Crippen LogP contribution is -2.29. The molecular formula is C16H15N3O4. The molecule has 1 aromatic heterocycles. The van der Waals surface area contributed by atoms with Gasteiger partial charge < -0.3 is 24.1 Å². The molecule has 1 aliphatic rings. The molecule has 2 heterocycles. The molecule has 1 amide bonds. The number of rotatable bonds is 5. The molecule has 2 aromatic rings. The van der Waals surface area contributed by atoms with E-state index in [0.717, 1.165) is 0 Å². The third kappa shape index (κ3) is 2.84. The first-order valence-electron chi connectivity index (χ1n) is 7.03. The van der Waals surface area contributed by atoms with Gasteiger partial charge in [0, 0.05) is 31.6 Å². The smallest absolute Gasteiger partial charge is 0.269 e. The molecule has 118 valence electrons. The molecule has 0 fully saturated rings. The minimum absolute atomic E-state index is 0.179. The Morgan fingerprint density at radius 1 is 1.39 bits per heavy atom. The molecule has 7 nitrogen and oxygen atoms in total. The number of aromatic nitrogens is 1. The Labute approximate surface area is 133 Å². The Kier molecular flexibility index (Phi) is 4.17.